The van der Waals surface area contributed by atoms with Crippen LogP contribution in [0.3, 0.4) is 0 Å². The van der Waals surface area contributed by atoms with Gasteiger partial charge in [0, 0.05) is 22.7 Å². The van der Waals surface area contributed by atoms with Crippen LogP contribution >= 0.6 is 0 Å². The molecule has 5 rings (SSSR count). The van der Waals surface area contributed by atoms with Crippen molar-refractivity contribution in [3.05, 3.63) is 78.0 Å². The summed E-state index contributed by atoms with van der Waals surface area (Å²) in [4.78, 5) is 21.2. The molecule has 0 radical (unpaired) electrons. The number of aryl methyl sites for hydroxylation is 1. The second-order valence-corrected chi connectivity index (χ2v) is 7.19. The molecule has 0 atom stereocenters. The number of H-pyrrole nitrogens is 1. The summed E-state index contributed by atoms with van der Waals surface area (Å²) in [6.45, 7) is -0.605. The standard InChI is InChI=1S/C23H17BN4O/c25-14-24-13-12-18-20(23(24)29)22(26-16-7-2-1-3-8-16)21(28-18)19-11-10-15-6-4-5-9-17(15)27-19/h1-11,26,28H,12-13H2. The van der Waals surface area contributed by atoms with Crippen LogP contribution in [-0.2, 0) is 6.42 Å². The molecule has 0 saturated heterocycles. The molecule has 1 aliphatic rings. The number of rotatable bonds is 3. The van der Waals surface area contributed by atoms with E-state index in [1.807, 2.05) is 66.7 Å². The number of nitriles is 1. The number of anilines is 2. The van der Waals surface area contributed by atoms with E-state index in [0.717, 1.165) is 33.7 Å². The molecule has 0 saturated carbocycles. The SMILES string of the molecule is N#CB1CCc2[nH]c(-c3ccc4ccccc4n3)c(Nc3ccccc3)c2C1=O. The highest BCUT2D eigenvalue weighted by molar-refractivity contribution is 6.98. The molecule has 138 valence electrons. The van der Waals surface area contributed by atoms with Gasteiger partial charge in [0.1, 0.15) is 5.68 Å². The molecule has 0 fully saturated rings. The number of hydrogen-bond donors (Lipinski definition) is 2. The zero-order valence-corrected chi connectivity index (χ0v) is 15.6. The molecule has 3 heterocycles. The number of pyridine rings is 1. The summed E-state index contributed by atoms with van der Waals surface area (Å²) in [5, 5.41) is 13.9. The molecule has 29 heavy (non-hydrogen) atoms. The molecule has 0 amide bonds. The smallest absolute Gasteiger partial charge is 0.351 e. The fourth-order valence-electron chi connectivity index (χ4n) is 3.92. The lowest BCUT2D eigenvalue weighted by molar-refractivity contribution is 0.107. The first-order valence-electron chi connectivity index (χ1n) is 9.61. The Morgan fingerprint density at radius 2 is 1.83 bits per heavy atom. The average molecular weight is 376 g/mol. The molecule has 6 heteroatoms. The Hall–Kier alpha value is -3.85. The molecule has 1 aliphatic heterocycles. The van der Waals surface area contributed by atoms with Crippen molar-refractivity contribution in [2.75, 3.05) is 5.32 Å². The van der Waals surface area contributed by atoms with Crippen molar-refractivity contribution in [2.24, 2.45) is 0 Å². The van der Waals surface area contributed by atoms with Gasteiger partial charge in [0.15, 0.2) is 0 Å². The van der Waals surface area contributed by atoms with Gasteiger partial charge in [-0.05, 0) is 37.0 Å². The van der Waals surface area contributed by atoms with Crippen molar-refractivity contribution in [3.8, 4) is 17.4 Å². The molecular formula is C23H17BN4O. The van der Waals surface area contributed by atoms with Crippen LogP contribution in [-0.4, -0.2) is 22.4 Å². The lowest BCUT2D eigenvalue weighted by Gasteiger charge is -2.15. The minimum Gasteiger partial charge on any atom is -0.355 e. The second-order valence-electron chi connectivity index (χ2n) is 7.19. The van der Waals surface area contributed by atoms with E-state index >= 15 is 0 Å². The van der Waals surface area contributed by atoms with Gasteiger partial charge in [-0.1, -0.05) is 42.5 Å². The highest BCUT2D eigenvalue weighted by atomic mass is 16.1. The number of aromatic nitrogens is 2. The number of benzene rings is 2. The Morgan fingerprint density at radius 3 is 2.66 bits per heavy atom. The molecule has 0 bridgehead atoms. The fraction of sp³-hybridized carbons (Fsp3) is 0.0870. The number of nitrogens with one attached hydrogen (secondary N) is 2. The highest BCUT2D eigenvalue weighted by Gasteiger charge is 2.36. The van der Waals surface area contributed by atoms with Gasteiger partial charge in [-0.3, -0.25) is 0 Å². The van der Waals surface area contributed by atoms with Gasteiger partial charge in [-0.2, -0.15) is 0 Å². The maximum absolute atomic E-state index is 13.0. The predicted molar refractivity (Wildman–Crippen MR) is 115 cm³/mol. The quantitative estimate of drug-likeness (QED) is 0.503. The van der Waals surface area contributed by atoms with Gasteiger partial charge in [0.2, 0.25) is 0 Å². The van der Waals surface area contributed by atoms with E-state index in [1.54, 1.807) is 0 Å². The number of fused-ring (bicyclic) bond motifs is 2. The van der Waals surface area contributed by atoms with Crippen molar-refractivity contribution < 1.29 is 4.79 Å². The maximum atomic E-state index is 13.0. The van der Waals surface area contributed by atoms with E-state index in [0.29, 0.717) is 24.0 Å². The minimum atomic E-state index is -0.605. The van der Waals surface area contributed by atoms with Gasteiger partial charge in [-0.25, -0.2) is 10.2 Å². The van der Waals surface area contributed by atoms with Crippen LogP contribution in [0.1, 0.15) is 16.1 Å². The third-order valence-electron chi connectivity index (χ3n) is 5.38. The summed E-state index contributed by atoms with van der Waals surface area (Å²) in [5.74, 6) is 2.15. The Morgan fingerprint density at radius 1 is 1.03 bits per heavy atom. The summed E-state index contributed by atoms with van der Waals surface area (Å²) >= 11 is 0. The van der Waals surface area contributed by atoms with Gasteiger partial charge in [0.25, 0.3) is 0 Å². The van der Waals surface area contributed by atoms with E-state index < -0.39 is 6.71 Å². The van der Waals surface area contributed by atoms with Crippen molar-refractivity contribution in [3.63, 3.8) is 0 Å². The second kappa shape index (κ2) is 6.95. The van der Waals surface area contributed by atoms with Crippen LogP contribution in [0.4, 0.5) is 11.4 Å². The summed E-state index contributed by atoms with van der Waals surface area (Å²) in [6, 6.07) is 21.7. The van der Waals surface area contributed by atoms with Gasteiger partial charge < -0.3 is 15.1 Å². The normalized spacial score (nSPS) is 13.2. The first-order chi connectivity index (χ1) is 14.2. The van der Waals surface area contributed by atoms with E-state index in [9.17, 15) is 10.1 Å². The van der Waals surface area contributed by atoms with Crippen LogP contribution in [0.25, 0.3) is 22.3 Å². The number of hydrogen-bond acceptors (Lipinski definition) is 4. The minimum absolute atomic E-state index is 0.129. The third kappa shape index (κ3) is 2.97. The van der Waals surface area contributed by atoms with Gasteiger partial charge >= 0.3 is 6.71 Å². The van der Waals surface area contributed by atoms with Crippen molar-refractivity contribution in [2.45, 2.75) is 12.7 Å². The van der Waals surface area contributed by atoms with E-state index in [4.69, 9.17) is 4.98 Å². The van der Waals surface area contributed by atoms with Crippen LogP contribution in [0, 0.1) is 11.2 Å². The molecular weight excluding hydrogens is 359 g/mol. The topological polar surface area (TPSA) is 81.6 Å². The predicted octanol–water partition coefficient (Wildman–Crippen LogP) is 4.81. The van der Waals surface area contributed by atoms with Crippen LogP contribution in [0.15, 0.2) is 66.7 Å². The molecule has 0 spiro atoms. The van der Waals surface area contributed by atoms with Crippen molar-refractivity contribution in [1.82, 2.24) is 9.97 Å². The molecule has 2 aromatic carbocycles. The van der Waals surface area contributed by atoms with Crippen LogP contribution < -0.4 is 5.32 Å². The summed E-state index contributed by atoms with van der Waals surface area (Å²) in [6.07, 6.45) is 1.20. The summed E-state index contributed by atoms with van der Waals surface area (Å²) < 4.78 is 0. The monoisotopic (exact) mass is 376 g/mol. The summed E-state index contributed by atoms with van der Waals surface area (Å²) in [5.41, 5.74) is 5.32. The van der Waals surface area contributed by atoms with Gasteiger partial charge in [-0.15, -0.1) is 0 Å². The van der Waals surface area contributed by atoms with Crippen LogP contribution in [0.5, 0.6) is 0 Å². The zero-order valence-electron chi connectivity index (χ0n) is 15.6. The molecule has 0 aliphatic carbocycles. The fourth-order valence-corrected chi connectivity index (χ4v) is 3.92. The zero-order chi connectivity index (χ0) is 19.8. The third-order valence-corrected chi connectivity index (χ3v) is 5.38. The Kier molecular flexibility index (Phi) is 4.14. The van der Waals surface area contributed by atoms with Crippen LogP contribution in [0.2, 0.25) is 6.32 Å². The Bertz CT molecular complexity index is 1270. The Labute approximate surface area is 168 Å². The largest absolute Gasteiger partial charge is 0.355 e. The first kappa shape index (κ1) is 17.3. The lowest BCUT2D eigenvalue weighted by atomic mass is 9.41. The molecule has 0 unspecified atom stereocenters. The number of nitrogens with zero attached hydrogens (tertiary/aromatic N) is 2. The van der Waals surface area contributed by atoms with Gasteiger partial charge in [0.05, 0.1) is 28.2 Å². The lowest BCUT2D eigenvalue weighted by Crippen LogP contribution is -2.30. The molecule has 4 aromatic rings. The highest BCUT2D eigenvalue weighted by Crippen LogP contribution is 2.38. The molecule has 5 nitrogen and oxygen atoms in total. The van der Waals surface area contributed by atoms with E-state index in [-0.39, 0.29) is 5.68 Å². The van der Waals surface area contributed by atoms with Crippen molar-refractivity contribution in [1.29, 1.82) is 5.26 Å². The average Bonchev–Trinajstić information content (AvgIpc) is 3.13. The molecule has 2 N–H and O–H groups in total. The first-order valence-corrected chi connectivity index (χ1v) is 9.61. The number of aromatic amines is 1. The van der Waals surface area contributed by atoms with E-state index in [2.05, 4.69) is 16.3 Å². The number of carbonyl (C=O) groups is 1. The summed E-state index contributed by atoms with van der Waals surface area (Å²) in [7, 11) is 0. The maximum Gasteiger partial charge on any atom is 0.351 e. The van der Waals surface area contributed by atoms with Crippen molar-refractivity contribution >= 4 is 34.7 Å². The molecule has 2 aromatic heterocycles. The van der Waals surface area contributed by atoms with E-state index in [1.165, 1.54) is 0 Å². The number of carbonyl (C=O) groups excluding carboxylic acids is 1. The Balaban J connectivity index is 1.70. The number of para-hydroxylation sites is 2.